The van der Waals surface area contributed by atoms with Gasteiger partial charge in [-0.05, 0) is 25.5 Å². The van der Waals surface area contributed by atoms with E-state index in [1.807, 2.05) is 32.0 Å². The van der Waals surface area contributed by atoms with Crippen LogP contribution >= 0.6 is 11.6 Å². The third kappa shape index (κ3) is 4.56. The fourth-order valence-corrected chi connectivity index (χ4v) is 1.99. The van der Waals surface area contributed by atoms with Gasteiger partial charge < -0.3 is 15.4 Å². The molecule has 2 aromatic rings. The third-order valence-corrected chi connectivity index (χ3v) is 3.55. The van der Waals surface area contributed by atoms with Crippen LogP contribution in [0.25, 0.3) is 0 Å². The van der Waals surface area contributed by atoms with Crippen molar-refractivity contribution in [3.05, 3.63) is 41.2 Å². The molecule has 6 nitrogen and oxygen atoms in total. The van der Waals surface area contributed by atoms with Crippen LogP contribution in [0.1, 0.15) is 30.8 Å². The third-order valence-electron chi connectivity index (χ3n) is 3.27. The molecule has 2 N–H and O–H groups in total. The summed E-state index contributed by atoms with van der Waals surface area (Å²) in [4.78, 5) is 20.5. The van der Waals surface area contributed by atoms with E-state index in [0.29, 0.717) is 5.75 Å². The first-order chi connectivity index (χ1) is 11.0. The number of rotatable bonds is 6. The zero-order valence-corrected chi connectivity index (χ0v) is 14.0. The minimum absolute atomic E-state index is 0.0447. The molecule has 2 rings (SSSR count). The Morgan fingerprint density at radius 1 is 1.43 bits per heavy atom. The Morgan fingerprint density at radius 3 is 2.91 bits per heavy atom. The normalized spacial score (nSPS) is 11.7. The van der Waals surface area contributed by atoms with E-state index in [1.54, 1.807) is 13.2 Å². The molecule has 1 amide bonds. The van der Waals surface area contributed by atoms with Crippen LogP contribution in [-0.2, 0) is 0 Å². The molecule has 1 heterocycles. The largest absolute Gasteiger partial charge is 0.497 e. The van der Waals surface area contributed by atoms with Crippen LogP contribution < -0.4 is 15.4 Å². The zero-order chi connectivity index (χ0) is 16.8. The first-order valence-electron chi connectivity index (χ1n) is 7.28. The van der Waals surface area contributed by atoms with Crippen molar-refractivity contribution >= 4 is 29.1 Å². The number of halogens is 1. The number of hydrogen-bond donors (Lipinski definition) is 2. The number of anilines is 2. The SMILES string of the molecule is CCC(C)NC(=O)c1nc(Nc2cccc(OC)c2)ncc1Cl. The summed E-state index contributed by atoms with van der Waals surface area (Å²) in [5, 5.41) is 6.07. The van der Waals surface area contributed by atoms with Crippen molar-refractivity contribution in [2.24, 2.45) is 0 Å². The van der Waals surface area contributed by atoms with Gasteiger partial charge in [-0.1, -0.05) is 24.6 Å². The van der Waals surface area contributed by atoms with Crippen LogP contribution in [0.15, 0.2) is 30.5 Å². The van der Waals surface area contributed by atoms with Crippen molar-refractivity contribution in [2.75, 3.05) is 12.4 Å². The van der Waals surface area contributed by atoms with E-state index in [4.69, 9.17) is 16.3 Å². The first-order valence-corrected chi connectivity index (χ1v) is 7.65. The van der Waals surface area contributed by atoms with Crippen molar-refractivity contribution in [3.63, 3.8) is 0 Å². The molecule has 1 atom stereocenters. The average molecular weight is 335 g/mol. The van der Waals surface area contributed by atoms with E-state index in [-0.39, 0.29) is 28.6 Å². The van der Waals surface area contributed by atoms with Crippen molar-refractivity contribution in [1.82, 2.24) is 15.3 Å². The van der Waals surface area contributed by atoms with Gasteiger partial charge in [0.1, 0.15) is 5.75 Å². The lowest BCUT2D eigenvalue weighted by atomic mass is 10.2. The topological polar surface area (TPSA) is 76.1 Å². The number of carbonyl (C=O) groups excluding carboxylic acids is 1. The van der Waals surface area contributed by atoms with Gasteiger partial charge in [-0.15, -0.1) is 0 Å². The lowest BCUT2D eigenvalue weighted by Crippen LogP contribution is -2.32. The Hall–Kier alpha value is -2.34. The maximum Gasteiger partial charge on any atom is 0.271 e. The zero-order valence-electron chi connectivity index (χ0n) is 13.3. The van der Waals surface area contributed by atoms with Gasteiger partial charge >= 0.3 is 0 Å². The van der Waals surface area contributed by atoms with Crippen LogP contribution in [0.2, 0.25) is 5.02 Å². The van der Waals surface area contributed by atoms with Gasteiger partial charge in [0.15, 0.2) is 5.69 Å². The van der Waals surface area contributed by atoms with Crippen LogP contribution in [0.3, 0.4) is 0 Å². The lowest BCUT2D eigenvalue weighted by molar-refractivity contribution is 0.0934. The van der Waals surface area contributed by atoms with Crippen molar-refractivity contribution in [1.29, 1.82) is 0 Å². The Morgan fingerprint density at radius 2 is 2.22 bits per heavy atom. The van der Waals surface area contributed by atoms with Crippen LogP contribution in [0, 0.1) is 0 Å². The number of hydrogen-bond acceptors (Lipinski definition) is 5. The number of nitrogens with one attached hydrogen (secondary N) is 2. The predicted octanol–water partition coefficient (Wildman–Crippen LogP) is 3.41. The van der Waals surface area contributed by atoms with Gasteiger partial charge in [-0.2, -0.15) is 0 Å². The molecule has 7 heteroatoms. The number of aromatic nitrogens is 2. The molecule has 0 spiro atoms. The van der Waals surface area contributed by atoms with Crippen LogP contribution in [0.4, 0.5) is 11.6 Å². The maximum atomic E-state index is 12.2. The second kappa shape index (κ2) is 7.78. The average Bonchev–Trinajstić information content (AvgIpc) is 2.56. The van der Waals surface area contributed by atoms with E-state index in [0.717, 1.165) is 12.1 Å². The quantitative estimate of drug-likeness (QED) is 0.846. The number of benzene rings is 1. The Balaban J connectivity index is 2.20. The van der Waals surface area contributed by atoms with Gasteiger partial charge in [0.05, 0.1) is 18.3 Å². The van der Waals surface area contributed by atoms with Crippen molar-refractivity contribution in [2.45, 2.75) is 26.3 Å². The molecule has 0 radical (unpaired) electrons. The Bertz CT molecular complexity index is 694. The molecule has 122 valence electrons. The molecule has 23 heavy (non-hydrogen) atoms. The van der Waals surface area contributed by atoms with E-state index in [1.165, 1.54) is 6.20 Å². The standard InChI is InChI=1S/C16H19ClN4O2/c1-4-10(2)19-15(22)14-13(17)9-18-16(21-14)20-11-6-5-7-12(8-11)23-3/h5-10H,4H2,1-3H3,(H,19,22)(H,18,20,21). The molecule has 0 bridgehead atoms. The molecule has 0 saturated carbocycles. The number of nitrogens with zero attached hydrogens (tertiary/aromatic N) is 2. The second-order valence-corrected chi connectivity index (χ2v) is 5.44. The molecule has 1 aromatic heterocycles. The molecule has 0 aliphatic heterocycles. The first kappa shape index (κ1) is 17.0. The molecular formula is C16H19ClN4O2. The Kier molecular flexibility index (Phi) is 5.76. The van der Waals surface area contributed by atoms with E-state index >= 15 is 0 Å². The fourth-order valence-electron chi connectivity index (χ4n) is 1.81. The summed E-state index contributed by atoms with van der Waals surface area (Å²) >= 11 is 6.03. The summed E-state index contributed by atoms with van der Waals surface area (Å²) < 4.78 is 5.16. The molecule has 0 aliphatic rings. The predicted molar refractivity (Wildman–Crippen MR) is 90.5 cm³/mol. The van der Waals surface area contributed by atoms with Gasteiger partial charge in [0.25, 0.3) is 5.91 Å². The highest BCUT2D eigenvalue weighted by molar-refractivity contribution is 6.33. The number of amides is 1. The van der Waals surface area contributed by atoms with Crippen LogP contribution in [0.5, 0.6) is 5.75 Å². The number of carbonyl (C=O) groups is 1. The van der Waals surface area contributed by atoms with Crippen molar-refractivity contribution < 1.29 is 9.53 Å². The summed E-state index contributed by atoms with van der Waals surface area (Å²) in [7, 11) is 1.59. The van der Waals surface area contributed by atoms with Gasteiger partial charge in [0.2, 0.25) is 5.95 Å². The Labute approximate surface area is 140 Å². The summed E-state index contributed by atoms with van der Waals surface area (Å²) in [6, 6.07) is 7.37. The van der Waals surface area contributed by atoms with E-state index < -0.39 is 0 Å². The minimum Gasteiger partial charge on any atom is -0.497 e. The maximum absolute atomic E-state index is 12.2. The lowest BCUT2D eigenvalue weighted by Gasteiger charge is -2.12. The smallest absolute Gasteiger partial charge is 0.271 e. The minimum atomic E-state index is -0.319. The summed E-state index contributed by atoms with van der Waals surface area (Å²) in [5.41, 5.74) is 0.896. The highest BCUT2D eigenvalue weighted by Crippen LogP contribution is 2.21. The molecular weight excluding hydrogens is 316 g/mol. The molecule has 0 aliphatic carbocycles. The van der Waals surface area contributed by atoms with Gasteiger partial charge in [-0.3, -0.25) is 4.79 Å². The molecule has 1 aromatic carbocycles. The molecule has 1 unspecified atom stereocenters. The van der Waals surface area contributed by atoms with Gasteiger partial charge in [-0.25, -0.2) is 9.97 Å². The second-order valence-electron chi connectivity index (χ2n) is 5.03. The highest BCUT2D eigenvalue weighted by atomic mass is 35.5. The van der Waals surface area contributed by atoms with E-state index in [2.05, 4.69) is 20.6 Å². The van der Waals surface area contributed by atoms with Gasteiger partial charge in [0, 0.05) is 17.8 Å². The summed E-state index contributed by atoms with van der Waals surface area (Å²) in [5.74, 6) is 0.677. The summed E-state index contributed by atoms with van der Waals surface area (Å²) in [6.07, 6.45) is 2.23. The highest BCUT2D eigenvalue weighted by Gasteiger charge is 2.16. The monoisotopic (exact) mass is 334 g/mol. The fraction of sp³-hybridized carbons (Fsp3) is 0.312. The molecule has 0 saturated heterocycles. The van der Waals surface area contributed by atoms with E-state index in [9.17, 15) is 4.79 Å². The number of ether oxygens (including phenoxy) is 1. The van der Waals surface area contributed by atoms with Crippen LogP contribution in [-0.4, -0.2) is 29.0 Å². The molecule has 0 fully saturated rings. The van der Waals surface area contributed by atoms with Crippen molar-refractivity contribution in [3.8, 4) is 5.75 Å². The number of methoxy groups -OCH3 is 1. The summed E-state index contributed by atoms with van der Waals surface area (Å²) in [6.45, 7) is 3.91.